The van der Waals surface area contributed by atoms with Crippen LogP contribution in [-0.4, -0.2) is 22.6 Å². The van der Waals surface area contributed by atoms with E-state index in [0.29, 0.717) is 11.0 Å². The number of piperidine rings is 1. The lowest BCUT2D eigenvalue weighted by Crippen LogP contribution is -2.38. The quantitative estimate of drug-likeness (QED) is 0.860. The molecule has 0 aliphatic carbocycles. The number of fused-ring (bicyclic) bond motifs is 1. The number of pyridine rings is 1. The molecule has 1 unspecified atom stereocenters. The number of hydrogen-bond donors (Lipinski definition) is 1. The molecule has 20 heavy (non-hydrogen) atoms. The number of hydrogen-bond acceptors (Lipinski definition) is 3. The fourth-order valence-corrected chi connectivity index (χ4v) is 3.12. The summed E-state index contributed by atoms with van der Waals surface area (Å²) < 4.78 is 0. The molecule has 1 atom stereocenters. The second kappa shape index (κ2) is 5.37. The molecule has 0 saturated carbocycles. The number of nitrogens with zero attached hydrogens (tertiary/aromatic N) is 2. The van der Waals surface area contributed by atoms with Crippen molar-refractivity contribution >= 4 is 33.9 Å². The summed E-state index contributed by atoms with van der Waals surface area (Å²) >= 11 is 5.21. The van der Waals surface area contributed by atoms with Crippen molar-refractivity contribution in [3.63, 3.8) is 0 Å². The predicted molar refractivity (Wildman–Crippen MR) is 88.3 cm³/mol. The van der Waals surface area contributed by atoms with Gasteiger partial charge >= 0.3 is 0 Å². The summed E-state index contributed by atoms with van der Waals surface area (Å²) in [6.45, 7) is 3.32. The number of benzene rings is 1. The molecule has 3 nitrogen and oxygen atoms in total. The molecule has 2 N–H and O–H groups in total. The van der Waals surface area contributed by atoms with Gasteiger partial charge in [-0.2, -0.15) is 0 Å². The van der Waals surface area contributed by atoms with Gasteiger partial charge in [0.2, 0.25) is 0 Å². The third-order valence-electron chi connectivity index (χ3n) is 4.07. The zero-order chi connectivity index (χ0) is 14.1. The van der Waals surface area contributed by atoms with Crippen molar-refractivity contribution in [2.75, 3.05) is 11.4 Å². The molecule has 0 bridgehead atoms. The van der Waals surface area contributed by atoms with Gasteiger partial charge in [-0.15, -0.1) is 0 Å². The maximum absolute atomic E-state index is 5.90. The van der Waals surface area contributed by atoms with Crippen molar-refractivity contribution in [3.05, 3.63) is 35.9 Å². The first-order valence-electron chi connectivity index (χ1n) is 7.13. The molecule has 1 aliphatic rings. The summed E-state index contributed by atoms with van der Waals surface area (Å²) in [5.41, 5.74) is 7.79. The minimum Gasteiger partial charge on any atom is -0.389 e. The number of nitrogens with two attached hydrogens (primary N) is 1. The molecule has 104 valence electrons. The van der Waals surface area contributed by atoms with Crippen LogP contribution in [0.5, 0.6) is 0 Å². The fourth-order valence-electron chi connectivity index (χ4n) is 2.95. The molecule has 1 aromatic heterocycles. The highest BCUT2D eigenvalue weighted by Crippen LogP contribution is 2.27. The van der Waals surface area contributed by atoms with Crippen molar-refractivity contribution in [2.45, 2.75) is 32.2 Å². The van der Waals surface area contributed by atoms with Crippen LogP contribution in [0.25, 0.3) is 10.9 Å². The van der Waals surface area contributed by atoms with Crippen LogP contribution >= 0.6 is 12.2 Å². The topological polar surface area (TPSA) is 42.1 Å². The molecule has 1 aliphatic heterocycles. The molecular weight excluding hydrogens is 266 g/mol. The molecule has 1 saturated heterocycles. The SMILES string of the molecule is CC1CCCCN1c1cc(C(N)=S)c2ccccc2n1. The summed E-state index contributed by atoms with van der Waals surface area (Å²) in [4.78, 5) is 7.62. The third kappa shape index (κ3) is 2.36. The van der Waals surface area contributed by atoms with E-state index >= 15 is 0 Å². The first-order valence-corrected chi connectivity index (χ1v) is 7.54. The van der Waals surface area contributed by atoms with E-state index < -0.39 is 0 Å². The molecule has 3 rings (SSSR count). The van der Waals surface area contributed by atoms with E-state index in [1.165, 1.54) is 19.3 Å². The van der Waals surface area contributed by atoms with Crippen molar-refractivity contribution < 1.29 is 0 Å². The molecule has 4 heteroatoms. The number of rotatable bonds is 2. The Hall–Kier alpha value is -1.68. The highest BCUT2D eigenvalue weighted by Gasteiger charge is 2.21. The van der Waals surface area contributed by atoms with E-state index in [0.717, 1.165) is 28.8 Å². The van der Waals surface area contributed by atoms with Gasteiger partial charge in [-0.05, 0) is 38.3 Å². The molecule has 0 spiro atoms. The van der Waals surface area contributed by atoms with Crippen LogP contribution < -0.4 is 10.6 Å². The maximum atomic E-state index is 5.90. The van der Waals surface area contributed by atoms with Gasteiger partial charge in [0.15, 0.2) is 0 Å². The fraction of sp³-hybridized carbons (Fsp3) is 0.375. The van der Waals surface area contributed by atoms with Crippen LogP contribution in [0.2, 0.25) is 0 Å². The van der Waals surface area contributed by atoms with Crippen LogP contribution in [0.15, 0.2) is 30.3 Å². The molecule has 0 amide bonds. The van der Waals surface area contributed by atoms with E-state index in [-0.39, 0.29) is 0 Å². The van der Waals surface area contributed by atoms with Crippen LogP contribution in [-0.2, 0) is 0 Å². The largest absolute Gasteiger partial charge is 0.389 e. The maximum Gasteiger partial charge on any atom is 0.130 e. The van der Waals surface area contributed by atoms with E-state index in [9.17, 15) is 0 Å². The average Bonchev–Trinajstić information content (AvgIpc) is 2.46. The normalized spacial score (nSPS) is 19.2. The Morgan fingerprint density at radius 2 is 2.15 bits per heavy atom. The zero-order valence-corrected chi connectivity index (χ0v) is 12.5. The van der Waals surface area contributed by atoms with Gasteiger partial charge in [0.1, 0.15) is 10.8 Å². The highest BCUT2D eigenvalue weighted by atomic mass is 32.1. The molecule has 2 heterocycles. The smallest absolute Gasteiger partial charge is 0.130 e. The number of thiocarbonyl (C=S) groups is 1. The lowest BCUT2D eigenvalue weighted by molar-refractivity contribution is 0.481. The van der Waals surface area contributed by atoms with Crippen molar-refractivity contribution in [1.29, 1.82) is 0 Å². The second-order valence-corrected chi connectivity index (χ2v) is 5.89. The Morgan fingerprint density at radius 3 is 2.90 bits per heavy atom. The number of anilines is 1. The standard InChI is InChI=1S/C16H19N3S/c1-11-6-4-5-9-19(11)15-10-13(16(17)20)12-7-2-3-8-14(12)18-15/h2-3,7-8,10-11H,4-6,9H2,1H3,(H2,17,20). The van der Waals surface area contributed by atoms with Crippen molar-refractivity contribution in [2.24, 2.45) is 5.73 Å². The number of aromatic nitrogens is 1. The summed E-state index contributed by atoms with van der Waals surface area (Å²) in [6.07, 6.45) is 3.74. The summed E-state index contributed by atoms with van der Waals surface area (Å²) in [7, 11) is 0. The molecular formula is C16H19N3S. The minimum atomic E-state index is 0.439. The minimum absolute atomic E-state index is 0.439. The highest BCUT2D eigenvalue weighted by molar-refractivity contribution is 7.80. The van der Waals surface area contributed by atoms with Crippen LogP contribution in [0.1, 0.15) is 31.7 Å². The van der Waals surface area contributed by atoms with Gasteiger partial charge in [0, 0.05) is 23.5 Å². The zero-order valence-electron chi connectivity index (χ0n) is 11.7. The Labute approximate surface area is 124 Å². The van der Waals surface area contributed by atoms with Gasteiger partial charge in [-0.25, -0.2) is 4.98 Å². The predicted octanol–water partition coefficient (Wildman–Crippen LogP) is 3.25. The van der Waals surface area contributed by atoms with Gasteiger partial charge in [-0.1, -0.05) is 30.4 Å². The summed E-state index contributed by atoms with van der Waals surface area (Å²) in [6, 6.07) is 10.6. The van der Waals surface area contributed by atoms with E-state index in [1.54, 1.807) is 0 Å². The van der Waals surface area contributed by atoms with Gasteiger partial charge in [0.25, 0.3) is 0 Å². The van der Waals surface area contributed by atoms with Gasteiger partial charge < -0.3 is 10.6 Å². The van der Waals surface area contributed by atoms with E-state index in [2.05, 4.69) is 11.8 Å². The first-order chi connectivity index (χ1) is 9.66. The summed E-state index contributed by atoms with van der Waals surface area (Å²) in [5, 5.41) is 1.04. The Kier molecular flexibility index (Phi) is 3.57. The van der Waals surface area contributed by atoms with Crippen LogP contribution in [0.3, 0.4) is 0 Å². The van der Waals surface area contributed by atoms with Crippen LogP contribution in [0.4, 0.5) is 5.82 Å². The van der Waals surface area contributed by atoms with Gasteiger partial charge in [-0.3, -0.25) is 0 Å². The molecule has 2 aromatic rings. The monoisotopic (exact) mass is 285 g/mol. The lowest BCUT2D eigenvalue weighted by atomic mass is 10.0. The van der Waals surface area contributed by atoms with E-state index in [1.807, 2.05) is 30.3 Å². The lowest BCUT2D eigenvalue weighted by Gasteiger charge is -2.34. The average molecular weight is 285 g/mol. The summed E-state index contributed by atoms with van der Waals surface area (Å²) in [5.74, 6) is 0.999. The molecule has 1 fully saturated rings. The van der Waals surface area contributed by atoms with Crippen LogP contribution in [0, 0.1) is 0 Å². The first kappa shape index (κ1) is 13.3. The Morgan fingerprint density at radius 1 is 1.35 bits per heavy atom. The second-order valence-electron chi connectivity index (χ2n) is 5.45. The van der Waals surface area contributed by atoms with Gasteiger partial charge in [0.05, 0.1) is 5.52 Å². The van der Waals surface area contributed by atoms with Crippen molar-refractivity contribution in [3.8, 4) is 0 Å². The molecule has 0 radical (unpaired) electrons. The van der Waals surface area contributed by atoms with Crippen molar-refractivity contribution in [1.82, 2.24) is 4.98 Å². The molecule has 1 aromatic carbocycles. The Balaban J connectivity index is 2.14. The van der Waals surface area contributed by atoms with E-state index in [4.69, 9.17) is 22.9 Å². The Bertz CT molecular complexity index is 653. The number of para-hydroxylation sites is 1. The third-order valence-corrected chi connectivity index (χ3v) is 4.29.